The summed E-state index contributed by atoms with van der Waals surface area (Å²) in [5.41, 5.74) is 6.15. The number of allylic oxidation sites excluding steroid dienone is 4. The summed E-state index contributed by atoms with van der Waals surface area (Å²) in [6, 6.07) is 18.9. The van der Waals surface area contributed by atoms with Crippen molar-refractivity contribution in [3.63, 3.8) is 0 Å². The van der Waals surface area contributed by atoms with Crippen molar-refractivity contribution in [3.05, 3.63) is 129 Å². The molecule has 2 amide bonds. The van der Waals surface area contributed by atoms with E-state index in [0.29, 0.717) is 59.9 Å². The number of nitrogens with zero attached hydrogens (tertiary/aromatic N) is 3. The number of urea groups is 1. The van der Waals surface area contributed by atoms with E-state index in [4.69, 9.17) is 13.9 Å². The number of methoxy groups -OCH3 is 1. The largest absolute Gasteiger partial charge is 0.497 e. The van der Waals surface area contributed by atoms with Gasteiger partial charge in [-0.05, 0) is 92.3 Å². The van der Waals surface area contributed by atoms with Crippen molar-refractivity contribution in [1.82, 2.24) is 14.4 Å². The molecule has 0 aliphatic carbocycles. The molecule has 1 N–H and O–H groups in total. The number of benzene rings is 3. The molecule has 10 heteroatoms. The van der Waals surface area contributed by atoms with E-state index in [1.807, 2.05) is 67.3 Å². The zero-order chi connectivity index (χ0) is 34.7. The smallest absolute Gasteiger partial charge is 0.419 e. The number of hydrogen-bond acceptors (Lipinski definition) is 7. The van der Waals surface area contributed by atoms with Gasteiger partial charge in [0.05, 0.1) is 18.4 Å². The van der Waals surface area contributed by atoms with E-state index >= 15 is 0 Å². The fraction of sp³-hybridized carbons (Fsp3) is 0.308. The van der Waals surface area contributed by atoms with Gasteiger partial charge in [0, 0.05) is 55.2 Å². The van der Waals surface area contributed by atoms with Crippen molar-refractivity contribution in [3.8, 4) is 5.75 Å². The highest BCUT2D eigenvalue weighted by atomic mass is 16.5. The number of hydrogen-bond donors (Lipinski definition) is 1. The molecule has 254 valence electrons. The first-order valence-corrected chi connectivity index (χ1v) is 16.5. The lowest BCUT2D eigenvalue weighted by Crippen LogP contribution is -2.48. The summed E-state index contributed by atoms with van der Waals surface area (Å²) in [6.45, 7) is 10.4. The van der Waals surface area contributed by atoms with Crippen LogP contribution < -0.4 is 15.8 Å². The number of aryl methyl sites for hydroxylation is 2. The molecular formula is C39H42N4O6. The zero-order valence-corrected chi connectivity index (χ0v) is 28.5. The molecule has 3 heterocycles. The number of fused-ring (bicyclic) bond motifs is 2. The molecule has 2 aliphatic heterocycles. The van der Waals surface area contributed by atoms with Gasteiger partial charge in [0.15, 0.2) is 11.4 Å². The summed E-state index contributed by atoms with van der Waals surface area (Å²) in [6.07, 6.45) is 5.80. The molecule has 0 spiro atoms. The number of anilines is 1. The first-order valence-electron chi connectivity index (χ1n) is 16.5. The second kappa shape index (κ2) is 14.3. The van der Waals surface area contributed by atoms with Gasteiger partial charge in [-0.1, -0.05) is 36.9 Å². The van der Waals surface area contributed by atoms with Crippen molar-refractivity contribution in [1.29, 1.82) is 0 Å². The monoisotopic (exact) mass is 662 g/mol. The molecule has 10 nitrogen and oxygen atoms in total. The molecule has 1 fully saturated rings. The summed E-state index contributed by atoms with van der Waals surface area (Å²) < 4.78 is 18.3. The average molecular weight is 663 g/mol. The predicted octanol–water partition coefficient (Wildman–Crippen LogP) is 6.75. The Hall–Kier alpha value is -5.51. The molecule has 0 bridgehead atoms. The van der Waals surface area contributed by atoms with Crippen molar-refractivity contribution < 1.29 is 23.5 Å². The van der Waals surface area contributed by atoms with Gasteiger partial charge < -0.3 is 29.0 Å². The number of carbonyl (C=O) groups is 2. The van der Waals surface area contributed by atoms with Crippen molar-refractivity contribution in [2.75, 3.05) is 32.1 Å². The molecule has 0 atom stereocenters. The van der Waals surface area contributed by atoms with Crippen LogP contribution in [0.3, 0.4) is 0 Å². The molecule has 49 heavy (non-hydrogen) atoms. The van der Waals surface area contributed by atoms with Crippen LogP contribution >= 0.6 is 0 Å². The summed E-state index contributed by atoms with van der Waals surface area (Å²) >= 11 is 0. The number of aromatic nitrogens is 1. The Balaban J connectivity index is 1.19. The lowest BCUT2D eigenvalue weighted by atomic mass is 9.98. The summed E-state index contributed by atoms with van der Waals surface area (Å²) in [5, 5.41) is 3.08. The van der Waals surface area contributed by atoms with Crippen molar-refractivity contribution in [2.45, 2.75) is 45.8 Å². The van der Waals surface area contributed by atoms with Gasteiger partial charge in [0.25, 0.3) is 0 Å². The van der Waals surface area contributed by atoms with Crippen molar-refractivity contribution in [2.24, 2.45) is 7.05 Å². The highest BCUT2D eigenvalue weighted by Crippen LogP contribution is 2.29. The van der Waals surface area contributed by atoms with Gasteiger partial charge in [0.2, 0.25) is 0 Å². The zero-order valence-electron chi connectivity index (χ0n) is 28.5. The molecular weight excluding hydrogens is 620 g/mol. The summed E-state index contributed by atoms with van der Waals surface area (Å²) in [7, 11) is 3.29. The van der Waals surface area contributed by atoms with E-state index in [2.05, 4.69) is 16.8 Å². The number of oxazole rings is 1. The molecule has 1 aromatic heterocycles. The minimum absolute atomic E-state index is 0.0779. The van der Waals surface area contributed by atoms with Crippen LogP contribution in [0, 0.1) is 6.92 Å². The first-order chi connectivity index (χ1) is 23.6. The Morgan fingerprint density at radius 1 is 1.04 bits per heavy atom. The first kappa shape index (κ1) is 33.4. The predicted molar refractivity (Wildman–Crippen MR) is 190 cm³/mol. The number of amides is 2. The number of Topliss-reactive ketones (excluding diaryl/α,β-unsaturated/α-hetero) is 1. The minimum atomic E-state index is -0.484. The number of nitrogens with one attached hydrogen (secondary N) is 1. The molecule has 6 rings (SSSR count). The van der Waals surface area contributed by atoms with Gasteiger partial charge in [-0.15, -0.1) is 0 Å². The SMILES string of the molecule is C=C(/C=C(\C=C(/C)OCc1ccccc1)C(=O)c1cc(C)c2c(c1)oc(=O)n2C)N1CCC(N2CCc3cc(OC)ccc3NC2=O)CC1. The Kier molecular flexibility index (Phi) is 9.75. The van der Waals surface area contributed by atoms with E-state index in [1.165, 1.54) is 4.57 Å². The molecule has 2 aliphatic rings. The molecule has 0 radical (unpaired) electrons. The van der Waals surface area contributed by atoms with Crippen LogP contribution in [0.4, 0.5) is 10.5 Å². The third-order valence-corrected chi connectivity index (χ3v) is 9.33. The number of ketones is 1. The van der Waals surface area contributed by atoms with Crippen LogP contribution in [0.2, 0.25) is 0 Å². The highest BCUT2D eigenvalue weighted by Gasteiger charge is 2.30. The summed E-state index contributed by atoms with van der Waals surface area (Å²) in [4.78, 5) is 43.7. The third kappa shape index (κ3) is 7.33. The van der Waals surface area contributed by atoms with Gasteiger partial charge in [-0.2, -0.15) is 0 Å². The second-order valence-electron chi connectivity index (χ2n) is 12.6. The number of ether oxygens (including phenoxy) is 2. The fourth-order valence-electron chi connectivity index (χ4n) is 6.65. The number of rotatable bonds is 10. The van der Waals surface area contributed by atoms with Crippen LogP contribution in [0.1, 0.15) is 46.8 Å². The summed E-state index contributed by atoms with van der Waals surface area (Å²) in [5.74, 6) is 0.620. The van der Waals surface area contributed by atoms with Crippen molar-refractivity contribution >= 4 is 28.6 Å². The van der Waals surface area contributed by atoms with Crippen LogP contribution in [0.15, 0.2) is 106 Å². The Labute approximate surface area is 285 Å². The molecule has 3 aromatic carbocycles. The maximum absolute atomic E-state index is 14.1. The highest BCUT2D eigenvalue weighted by molar-refractivity contribution is 6.12. The van der Waals surface area contributed by atoms with E-state index < -0.39 is 5.76 Å². The lowest BCUT2D eigenvalue weighted by molar-refractivity contribution is 0.103. The Morgan fingerprint density at radius 3 is 2.53 bits per heavy atom. The average Bonchev–Trinajstić information content (AvgIpc) is 3.29. The normalized spacial score (nSPS) is 15.9. The lowest BCUT2D eigenvalue weighted by Gasteiger charge is -2.39. The van der Waals surface area contributed by atoms with Gasteiger partial charge in [-0.3, -0.25) is 9.36 Å². The van der Waals surface area contributed by atoms with Crippen LogP contribution in [-0.4, -0.2) is 59.0 Å². The molecule has 0 unspecified atom stereocenters. The Bertz CT molecular complexity index is 2010. The topological polar surface area (TPSA) is 106 Å². The second-order valence-corrected chi connectivity index (χ2v) is 12.6. The molecule has 0 saturated carbocycles. The maximum atomic E-state index is 14.1. The molecule has 1 saturated heterocycles. The third-order valence-electron chi connectivity index (χ3n) is 9.33. The van der Waals surface area contributed by atoms with Crippen LogP contribution in [0.5, 0.6) is 5.75 Å². The number of likely N-dealkylation sites (tertiary alicyclic amines) is 1. The van der Waals surface area contributed by atoms with E-state index in [1.54, 1.807) is 38.4 Å². The number of piperidine rings is 1. The molecule has 4 aromatic rings. The van der Waals surface area contributed by atoms with E-state index in [9.17, 15) is 14.4 Å². The minimum Gasteiger partial charge on any atom is -0.497 e. The van der Waals surface area contributed by atoms with E-state index in [-0.39, 0.29) is 17.9 Å². The van der Waals surface area contributed by atoms with E-state index in [0.717, 1.165) is 47.4 Å². The maximum Gasteiger partial charge on any atom is 0.419 e. The van der Waals surface area contributed by atoms with Crippen LogP contribution in [0.25, 0.3) is 11.1 Å². The van der Waals surface area contributed by atoms with Crippen LogP contribution in [-0.2, 0) is 24.8 Å². The van der Waals surface area contributed by atoms with Gasteiger partial charge >= 0.3 is 11.8 Å². The Morgan fingerprint density at radius 2 is 1.80 bits per heavy atom. The number of carbonyl (C=O) groups excluding carboxylic acids is 2. The van der Waals surface area contributed by atoms with Gasteiger partial charge in [0.1, 0.15) is 12.4 Å². The quantitative estimate of drug-likeness (QED) is 0.0867. The van der Waals surface area contributed by atoms with Gasteiger partial charge in [-0.25, -0.2) is 9.59 Å². The standard InChI is InChI=1S/C39H42N4O6/c1-25-19-30(23-35-36(25)41(4)39(46)49-35)37(44)31(21-27(3)48-24-28-9-7-6-8-10-28)20-26(2)42-16-14-32(15-17-42)43-18-13-29-22-33(47-5)11-12-34(29)40-38(43)45/h6-12,19-23,32H,2,13-18,24H2,1,3-5H3,(H,40,45)/b27-21+,31-20+. The fourth-order valence-corrected chi connectivity index (χ4v) is 6.65.